The summed E-state index contributed by atoms with van der Waals surface area (Å²) in [7, 11) is 0. The van der Waals surface area contributed by atoms with Gasteiger partial charge in [-0.3, -0.25) is 14.4 Å². The maximum atomic E-state index is 13.1. The van der Waals surface area contributed by atoms with Crippen molar-refractivity contribution in [1.82, 2.24) is 0 Å². The number of aliphatic hydroxyl groups excluding tert-OH is 2. The SMILES string of the molecule is CC/C=C\C/C=C\C/C=C\C/C=C\C/C=C\C/C=C\CCC(=O)OC1C(OCC(COC(=O)CCCCCCCCCCCCCCCCC)OC(=O)CCCCCCC/C=C\CCCC)OC(C(=O)O)C(O)C1O. The Morgan fingerprint density at radius 1 is 0.453 bits per heavy atom. The highest BCUT2D eigenvalue weighted by Gasteiger charge is 2.50. The lowest BCUT2D eigenvalue weighted by Crippen LogP contribution is -2.61. The van der Waals surface area contributed by atoms with E-state index < -0.39 is 67.3 Å². The standard InChI is InChI=1S/C63H104O12/c1-4-7-10-13-16-19-22-24-26-27-28-29-31-33-36-39-42-45-48-51-57(66)74-61-59(68)58(67)60(62(69)70)75-63(61)72-53-54(73-56(65)50-47-44-41-38-34-21-18-15-12-9-6-3)52-71-55(64)49-46-43-40-37-35-32-30-25-23-20-17-14-11-8-5-2/h7,10,15-16,18-19,24,26,28-29,33,36,42,45,54,58-61,63,67-68H,4-6,8-9,11-14,17,20-23,25,27,30-32,34-35,37-41,43-44,46-53H2,1-3H3,(H,69,70)/b10-7-,18-15-,19-16-,26-24-,29-28-,36-33-,45-42-. The number of ether oxygens (including phenoxy) is 5. The predicted octanol–water partition coefficient (Wildman–Crippen LogP) is 15.1. The van der Waals surface area contributed by atoms with E-state index in [1.807, 2.05) is 18.2 Å². The molecule has 428 valence electrons. The fourth-order valence-electron chi connectivity index (χ4n) is 8.43. The van der Waals surface area contributed by atoms with Crippen molar-refractivity contribution < 1.29 is 58.2 Å². The summed E-state index contributed by atoms with van der Waals surface area (Å²) in [5.74, 6) is -3.24. The zero-order chi connectivity index (χ0) is 54.7. The Balaban J connectivity index is 2.72. The van der Waals surface area contributed by atoms with Gasteiger partial charge >= 0.3 is 23.9 Å². The van der Waals surface area contributed by atoms with Crippen LogP contribution in [0.3, 0.4) is 0 Å². The van der Waals surface area contributed by atoms with Crippen molar-refractivity contribution in [3.05, 3.63) is 85.1 Å². The lowest BCUT2D eigenvalue weighted by molar-refractivity contribution is -0.301. The van der Waals surface area contributed by atoms with Crippen LogP contribution >= 0.6 is 0 Å². The summed E-state index contributed by atoms with van der Waals surface area (Å²) in [5, 5.41) is 31.4. The summed E-state index contributed by atoms with van der Waals surface area (Å²) < 4.78 is 28.3. The van der Waals surface area contributed by atoms with Crippen molar-refractivity contribution >= 4 is 23.9 Å². The summed E-state index contributed by atoms with van der Waals surface area (Å²) in [6, 6.07) is 0. The monoisotopic (exact) mass is 1050 g/mol. The maximum Gasteiger partial charge on any atom is 0.335 e. The number of aliphatic hydroxyl groups is 2. The number of hydrogen-bond acceptors (Lipinski definition) is 11. The molecule has 0 saturated carbocycles. The quantitative estimate of drug-likeness (QED) is 0.0228. The third-order valence-electron chi connectivity index (χ3n) is 13.0. The summed E-state index contributed by atoms with van der Waals surface area (Å²) in [6.45, 7) is 5.80. The second-order valence-corrected chi connectivity index (χ2v) is 19.9. The zero-order valence-electron chi connectivity index (χ0n) is 47.0. The number of carbonyl (C=O) groups excluding carboxylic acids is 3. The zero-order valence-corrected chi connectivity index (χ0v) is 47.0. The molecule has 12 nitrogen and oxygen atoms in total. The van der Waals surface area contributed by atoms with Crippen molar-refractivity contribution in [2.45, 2.75) is 276 Å². The van der Waals surface area contributed by atoms with Crippen molar-refractivity contribution in [1.29, 1.82) is 0 Å². The van der Waals surface area contributed by atoms with Gasteiger partial charge in [-0.05, 0) is 77.0 Å². The predicted molar refractivity (Wildman–Crippen MR) is 303 cm³/mol. The van der Waals surface area contributed by atoms with Gasteiger partial charge in [0.15, 0.2) is 24.6 Å². The first kappa shape index (κ1) is 68.9. The second-order valence-electron chi connectivity index (χ2n) is 19.9. The average Bonchev–Trinajstić information content (AvgIpc) is 3.39. The van der Waals surface area contributed by atoms with E-state index in [1.54, 1.807) is 0 Å². The molecule has 0 amide bonds. The van der Waals surface area contributed by atoms with E-state index in [1.165, 1.54) is 83.5 Å². The van der Waals surface area contributed by atoms with E-state index in [-0.39, 0.29) is 25.9 Å². The molecule has 0 aromatic carbocycles. The average molecular weight is 1050 g/mol. The van der Waals surface area contributed by atoms with Gasteiger partial charge in [0.25, 0.3) is 0 Å². The topological polar surface area (TPSA) is 175 Å². The van der Waals surface area contributed by atoms with Crippen LogP contribution in [0.1, 0.15) is 239 Å². The van der Waals surface area contributed by atoms with E-state index >= 15 is 0 Å². The first-order chi connectivity index (χ1) is 36.6. The number of rotatable bonds is 49. The molecule has 3 N–H and O–H groups in total. The maximum absolute atomic E-state index is 13.1. The van der Waals surface area contributed by atoms with E-state index in [0.717, 1.165) is 89.9 Å². The largest absolute Gasteiger partial charge is 0.479 e. The lowest BCUT2D eigenvalue weighted by Gasteiger charge is -2.40. The molecule has 1 fully saturated rings. The fraction of sp³-hybridized carbons (Fsp3) is 0.714. The minimum absolute atomic E-state index is 0.0673. The molecule has 75 heavy (non-hydrogen) atoms. The number of unbranched alkanes of at least 4 members (excludes halogenated alkanes) is 21. The Labute approximate surface area is 454 Å². The molecule has 1 aliphatic rings. The van der Waals surface area contributed by atoms with Crippen LogP contribution in [0.5, 0.6) is 0 Å². The van der Waals surface area contributed by atoms with Crippen molar-refractivity contribution in [3.8, 4) is 0 Å². The van der Waals surface area contributed by atoms with Crippen LogP contribution in [-0.2, 0) is 42.9 Å². The molecule has 6 unspecified atom stereocenters. The first-order valence-electron chi connectivity index (χ1n) is 29.6. The van der Waals surface area contributed by atoms with Gasteiger partial charge in [0.1, 0.15) is 18.8 Å². The van der Waals surface area contributed by atoms with E-state index in [4.69, 9.17) is 23.7 Å². The molecule has 0 radical (unpaired) electrons. The molecule has 1 heterocycles. The molecule has 1 aliphatic heterocycles. The molecule has 0 aromatic heterocycles. The number of carboxylic acids is 1. The molecule has 0 bridgehead atoms. The minimum Gasteiger partial charge on any atom is -0.479 e. The summed E-state index contributed by atoms with van der Waals surface area (Å²) in [4.78, 5) is 51.0. The van der Waals surface area contributed by atoms with Crippen LogP contribution in [0.15, 0.2) is 85.1 Å². The molecular weight excluding hydrogens is 949 g/mol. The van der Waals surface area contributed by atoms with Gasteiger partial charge in [-0.25, -0.2) is 4.79 Å². The third kappa shape index (κ3) is 40.8. The van der Waals surface area contributed by atoms with Crippen molar-refractivity contribution in [2.75, 3.05) is 13.2 Å². The molecule has 0 aliphatic carbocycles. The highest BCUT2D eigenvalue weighted by molar-refractivity contribution is 5.74. The van der Waals surface area contributed by atoms with Gasteiger partial charge in [-0.2, -0.15) is 0 Å². The van der Waals surface area contributed by atoms with Gasteiger partial charge in [0, 0.05) is 19.3 Å². The van der Waals surface area contributed by atoms with Gasteiger partial charge < -0.3 is 39.0 Å². The number of carbonyl (C=O) groups is 4. The Hall–Kier alpha value is -4.10. The van der Waals surface area contributed by atoms with Crippen molar-refractivity contribution in [2.24, 2.45) is 0 Å². The highest BCUT2D eigenvalue weighted by atomic mass is 16.7. The number of hydrogen-bond donors (Lipinski definition) is 3. The van der Waals surface area contributed by atoms with E-state index in [9.17, 15) is 34.5 Å². The Morgan fingerprint density at radius 3 is 1.37 bits per heavy atom. The smallest absolute Gasteiger partial charge is 0.335 e. The number of allylic oxidation sites excluding steroid dienone is 14. The van der Waals surface area contributed by atoms with Crippen molar-refractivity contribution in [3.63, 3.8) is 0 Å². The molecule has 1 rings (SSSR count). The number of carboxylic acid groups (broad SMARTS) is 1. The van der Waals surface area contributed by atoms with E-state index in [0.29, 0.717) is 25.7 Å². The van der Waals surface area contributed by atoms with Crippen LogP contribution in [0.25, 0.3) is 0 Å². The third-order valence-corrected chi connectivity index (χ3v) is 13.0. The van der Waals surface area contributed by atoms with Gasteiger partial charge in [0.2, 0.25) is 0 Å². The van der Waals surface area contributed by atoms with Crippen LogP contribution < -0.4 is 0 Å². The van der Waals surface area contributed by atoms with Crippen LogP contribution in [0.4, 0.5) is 0 Å². The molecular formula is C63H104O12. The fourth-order valence-corrected chi connectivity index (χ4v) is 8.43. The van der Waals surface area contributed by atoms with Gasteiger partial charge in [-0.1, -0.05) is 228 Å². The number of aliphatic carboxylic acids is 1. The highest BCUT2D eigenvalue weighted by Crippen LogP contribution is 2.26. The van der Waals surface area contributed by atoms with Gasteiger partial charge in [0.05, 0.1) is 6.61 Å². The summed E-state index contributed by atoms with van der Waals surface area (Å²) in [5.41, 5.74) is 0. The normalized spacial score (nSPS) is 18.8. The molecule has 0 spiro atoms. The molecule has 0 aromatic rings. The Bertz CT molecular complexity index is 1630. The second kappa shape index (κ2) is 50.7. The first-order valence-corrected chi connectivity index (χ1v) is 29.6. The van der Waals surface area contributed by atoms with E-state index in [2.05, 4.69) is 87.6 Å². The molecule has 12 heteroatoms. The lowest BCUT2D eigenvalue weighted by atomic mass is 9.98. The summed E-state index contributed by atoms with van der Waals surface area (Å²) >= 11 is 0. The summed E-state index contributed by atoms with van der Waals surface area (Å²) in [6.07, 6.45) is 52.8. The Kier molecular flexibility index (Phi) is 46.6. The number of esters is 3. The van der Waals surface area contributed by atoms with Crippen LogP contribution in [0.2, 0.25) is 0 Å². The van der Waals surface area contributed by atoms with Gasteiger partial charge in [-0.15, -0.1) is 0 Å². The van der Waals surface area contributed by atoms with Crippen LogP contribution in [-0.4, -0.2) is 89.2 Å². The molecule has 6 atom stereocenters. The Morgan fingerprint density at radius 2 is 0.880 bits per heavy atom. The molecule has 1 saturated heterocycles. The van der Waals surface area contributed by atoms with Crippen LogP contribution in [0, 0.1) is 0 Å². The minimum atomic E-state index is -1.93.